The summed E-state index contributed by atoms with van der Waals surface area (Å²) in [5.41, 5.74) is 2.85. The zero-order valence-electron chi connectivity index (χ0n) is 13.3. The van der Waals surface area contributed by atoms with Crippen LogP contribution >= 0.6 is 0 Å². The van der Waals surface area contributed by atoms with Gasteiger partial charge in [-0.05, 0) is 18.8 Å². The van der Waals surface area contributed by atoms with Crippen LogP contribution in [0.2, 0.25) is 0 Å². The fourth-order valence-corrected chi connectivity index (χ4v) is 3.99. The van der Waals surface area contributed by atoms with Gasteiger partial charge in [0.25, 0.3) is 0 Å². The van der Waals surface area contributed by atoms with Gasteiger partial charge in [0.15, 0.2) is 0 Å². The van der Waals surface area contributed by atoms with Crippen LogP contribution in [-0.2, 0) is 13.0 Å². The highest BCUT2D eigenvalue weighted by Crippen LogP contribution is 2.37. The Morgan fingerprint density at radius 3 is 2.80 bits per heavy atom. The van der Waals surface area contributed by atoms with E-state index in [9.17, 15) is 0 Å². The van der Waals surface area contributed by atoms with Crippen LogP contribution in [0.3, 0.4) is 0 Å². The van der Waals surface area contributed by atoms with Crippen LogP contribution in [0, 0.1) is 5.92 Å². The summed E-state index contributed by atoms with van der Waals surface area (Å²) in [5, 5.41) is 3.47. The van der Waals surface area contributed by atoms with Crippen molar-refractivity contribution in [2.75, 3.05) is 6.54 Å². The predicted molar refractivity (Wildman–Crippen MR) is 83.0 cm³/mol. The molecule has 2 atom stereocenters. The molecule has 0 bridgehead atoms. The van der Waals surface area contributed by atoms with E-state index >= 15 is 0 Å². The maximum Gasteiger partial charge on any atom is 0.112 e. The first-order chi connectivity index (χ1) is 9.68. The number of aromatic nitrogens is 2. The molecule has 1 N–H and O–H groups in total. The van der Waals surface area contributed by atoms with Crippen LogP contribution in [0.5, 0.6) is 0 Å². The lowest BCUT2D eigenvalue weighted by Gasteiger charge is -2.29. The Morgan fingerprint density at radius 2 is 2.00 bits per heavy atom. The second-order valence-corrected chi connectivity index (χ2v) is 7.00. The summed E-state index contributed by atoms with van der Waals surface area (Å²) in [6.07, 6.45) is 8.09. The van der Waals surface area contributed by atoms with Crippen LogP contribution in [-0.4, -0.2) is 16.1 Å². The number of hydrogen-bond acceptors (Lipinski definition) is 2. The van der Waals surface area contributed by atoms with Crippen LogP contribution < -0.4 is 5.32 Å². The van der Waals surface area contributed by atoms with Crippen LogP contribution in [0.25, 0.3) is 0 Å². The Bertz CT molecular complexity index is 461. The summed E-state index contributed by atoms with van der Waals surface area (Å²) >= 11 is 0. The van der Waals surface area contributed by atoms with Crippen molar-refractivity contribution in [2.24, 2.45) is 5.92 Å². The number of hydrogen-bond donors (Lipinski definition) is 1. The van der Waals surface area contributed by atoms with E-state index in [1.54, 1.807) is 0 Å². The van der Waals surface area contributed by atoms with Crippen molar-refractivity contribution >= 4 is 0 Å². The standard InChI is InChI=1S/C17H29N3/c1-12(2)17-19-14-11-18-10-9-16(14)20(17)15-8-6-4-5-7-13(15)3/h12-13,15,18H,4-11H2,1-3H3. The summed E-state index contributed by atoms with van der Waals surface area (Å²) in [6.45, 7) is 9.10. The van der Waals surface area contributed by atoms with E-state index in [2.05, 4.69) is 30.7 Å². The second kappa shape index (κ2) is 5.88. The molecule has 1 aliphatic carbocycles. The molecule has 0 spiro atoms. The SMILES string of the molecule is CC(C)c1nc2c(n1C1CCCCCC1C)CCNC2. The Morgan fingerprint density at radius 1 is 1.20 bits per heavy atom. The van der Waals surface area contributed by atoms with E-state index in [4.69, 9.17) is 4.98 Å². The van der Waals surface area contributed by atoms with Gasteiger partial charge in [-0.2, -0.15) is 0 Å². The number of nitrogens with zero attached hydrogens (tertiary/aromatic N) is 2. The minimum atomic E-state index is 0.524. The zero-order valence-corrected chi connectivity index (χ0v) is 13.3. The maximum atomic E-state index is 4.99. The lowest BCUT2D eigenvalue weighted by molar-refractivity contribution is 0.314. The third-order valence-electron chi connectivity index (χ3n) is 5.12. The molecule has 1 aromatic heterocycles. The monoisotopic (exact) mass is 275 g/mol. The highest BCUT2D eigenvalue weighted by molar-refractivity contribution is 5.23. The van der Waals surface area contributed by atoms with Crippen molar-refractivity contribution in [3.63, 3.8) is 0 Å². The van der Waals surface area contributed by atoms with Crippen LogP contribution in [0.15, 0.2) is 0 Å². The predicted octanol–water partition coefficient (Wildman–Crippen LogP) is 3.79. The molecular weight excluding hydrogens is 246 g/mol. The molecule has 2 aliphatic rings. The van der Waals surface area contributed by atoms with Crippen molar-refractivity contribution in [1.29, 1.82) is 0 Å². The molecule has 3 nitrogen and oxygen atoms in total. The first-order valence-electron chi connectivity index (χ1n) is 8.49. The molecule has 3 rings (SSSR count). The summed E-state index contributed by atoms with van der Waals surface area (Å²) in [7, 11) is 0. The highest BCUT2D eigenvalue weighted by Gasteiger charge is 2.29. The van der Waals surface area contributed by atoms with E-state index < -0.39 is 0 Å². The zero-order chi connectivity index (χ0) is 14.1. The van der Waals surface area contributed by atoms with Crippen molar-refractivity contribution in [3.05, 3.63) is 17.2 Å². The van der Waals surface area contributed by atoms with E-state index in [0.29, 0.717) is 12.0 Å². The van der Waals surface area contributed by atoms with Gasteiger partial charge in [-0.1, -0.05) is 40.0 Å². The first kappa shape index (κ1) is 14.1. The number of rotatable bonds is 2. The molecule has 0 radical (unpaired) electrons. The second-order valence-electron chi connectivity index (χ2n) is 7.00. The average molecular weight is 275 g/mol. The minimum Gasteiger partial charge on any atom is -0.328 e. The average Bonchev–Trinajstić information content (AvgIpc) is 2.70. The Hall–Kier alpha value is -0.830. The van der Waals surface area contributed by atoms with E-state index in [0.717, 1.165) is 25.4 Å². The minimum absolute atomic E-state index is 0.524. The molecule has 1 fully saturated rings. The third kappa shape index (κ3) is 2.52. The van der Waals surface area contributed by atoms with Gasteiger partial charge in [0.2, 0.25) is 0 Å². The van der Waals surface area contributed by atoms with Crippen LogP contribution in [0.4, 0.5) is 0 Å². The van der Waals surface area contributed by atoms with Gasteiger partial charge in [0.1, 0.15) is 5.82 Å². The first-order valence-corrected chi connectivity index (χ1v) is 8.49. The Balaban J connectivity index is 2.03. The fourth-order valence-electron chi connectivity index (χ4n) is 3.99. The molecule has 2 unspecified atom stereocenters. The lowest BCUT2D eigenvalue weighted by atomic mass is 9.95. The summed E-state index contributed by atoms with van der Waals surface area (Å²) in [6, 6.07) is 0.684. The van der Waals surface area contributed by atoms with Gasteiger partial charge >= 0.3 is 0 Å². The molecule has 3 heteroatoms. The van der Waals surface area contributed by atoms with Gasteiger partial charge in [-0.15, -0.1) is 0 Å². The number of imidazole rings is 1. The molecule has 1 saturated carbocycles. The van der Waals surface area contributed by atoms with Crippen molar-refractivity contribution in [2.45, 2.75) is 77.8 Å². The molecule has 1 aromatic rings. The molecule has 0 aromatic carbocycles. The van der Waals surface area contributed by atoms with Gasteiger partial charge in [0, 0.05) is 37.2 Å². The molecule has 20 heavy (non-hydrogen) atoms. The van der Waals surface area contributed by atoms with E-state index in [1.165, 1.54) is 49.3 Å². The molecule has 2 heterocycles. The lowest BCUT2D eigenvalue weighted by Crippen LogP contribution is -2.27. The summed E-state index contributed by atoms with van der Waals surface area (Å²) in [4.78, 5) is 4.99. The topological polar surface area (TPSA) is 29.9 Å². The quantitative estimate of drug-likeness (QED) is 0.832. The van der Waals surface area contributed by atoms with Gasteiger partial charge in [-0.3, -0.25) is 0 Å². The van der Waals surface area contributed by atoms with Crippen molar-refractivity contribution in [3.8, 4) is 0 Å². The molecular formula is C17H29N3. The van der Waals surface area contributed by atoms with Crippen molar-refractivity contribution in [1.82, 2.24) is 14.9 Å². The van der Waals surface area contributed by atoms with E-state index in [-0.39, 0.29) is 0 Å². The molecule has 112 valence electrons. The smallest absolute Gasteiger partial charge is 0.112 e. The number of nitrogens with one attached hydrogen (secondary N) is 1. The Kier molecular flexibility index (Phi) is 4.16. The van der Waals surface area contributed by atoms with Gasteiger partial charge in [-0.25, -0.2) is 4.98 Å². The highest BCUT2D eigenvalue weighted by atomic mass is 15.1. The molecule has 1 aliphatic heterocycles. The van der Waals surface area contributed by atoms with E-state index in [1.807, 2.05) is 0 Å². The fraction of sp³-hybridized carbons (Fsp3) is 0.824. The largest absolute Gasteiger partial charge is 0.328 e. The van der Waals surface area contributed by atoms with Gasteiger partial charge in [0.05, 0.1) is 5.69 Å². The number of fused-ring (bicyclic) bond motifs is 1. The van der Waals surface area contributed by atoms with Crippen LogP contribution in [0.1, 0.15) is 82.0 Å². The maximum absolute atomic E-state index is 4.99. The third-order valence-corrected chi connectivity index (χ3v) is 5.12. The summed E-state index contributed by atoms with van der Waals surface area (Å²) < 4.78 is 2.66. The summed E-state index contributed by atoms with van der Waals surface area (Å²) in [5.74, 6) is 2.65. The van der Waals surface area contributed by atoms with Crippen molar-refractivity contribution < 1.29 is 0 Å². The normalized spacial score (nSPS) is 27.4. The molecule has 0 saturated heterocycles. The Labute approximate surface area is 123 Å². The van der Waals surface area contributed by atoms with Gasteiger partial charge < -0.3 is 9.88 Å². The molecule has 0 amide bonds.